The Morgan fingerprint density at radius 3 is 2.68 bits per heavy atom. The molecule has 2 aromatic rings. The van der Waals surface area contributed by atoms with Gasteiger partial charge in [-0.25, -0.2) is 9.97 Å². The number of hydrogen-bond donors (Lipinski definition) is 2. The second-order valence-electron chi connectivity index (χ2n) is 3.88. The zero-order chi connectivity index (χ0) is 13.4. The Kier molecular flexibility index (Phi) is 2.64. The van der Waals surface area contributed by atoms with E-state index >= 15 is 0 Å². The molecule has 2 heterocycles. The topological polar surface area (TPSA) is 84.0 Å². The van der Waals surface area contributed by atoms with Crippen LogP contribution in [0.5, 0.6) is 0 Å². The van der Waals surface area contributed by atoms with Crippen LogP contribution in [-0.2, 0) is 0 Å². The minimum atomic E-state index is -0.399. The average molecular weight is 275 g/mol. The molecule has 2 amide bonds. The molecule has 0 saturated carbocycles. The first-order valence-corrected chi connectivity index (χ1v) is 5.76. The van der Waals surface area contributed by atoms with Crippen molar-refractivity contribution in [2.75, 3.05) is 5.32 Å². The summed E-state index contributed by atoms with van der Waals surface area (Å²) in [7, 11) is 0. The number of benzene rings is 1. The number of rotatable bonds is 2. The number of amides is 2. The van der Waals surface area contributed by atoms with Gasteiger partial charge >= 0.3 is 0 Å². The molecule has 0 saturated heterocycles. The molecule has 3 rings (SSSR count). The van der Waals surface area contributed by atoms with Crippen LogP contribution >= 0.6 is 11.6 Å². The van der Waals surface area contributed by atoms with Gasteiger partial charge in [0, 0.05) is 11.9 Å². The maximum Gasteiger partial charge on any atom is 0.259 e. The Bertz CT molecular complexity index is 702. The van der Waals surface area contributed by atoms with Crippen molar-refractivity contribution >= 4 is 34.9 Å². The zero-order valence-electron chi connectivity index (χ0n) is 9.48. The molecule has 0 aliphatic carbocycles. The van der Waals surface area contributed by atoms with Crippen LogP contribution in [0, 0.1) is 0 Å². The summed E-state index contributed by atoms with van der Waals surface area (Å²) < 4.78 is 0. The molecule has 0 bridgehead atoms. The minimum absolute atomic E-state index is 0.124. The number of nitrogens with one attached hydrogen (secondary N) is 2. The normalized spacial score (nSPS) is 13.1. The smallest absolute Gasteiger partial charge is 0.259 e. The van der Waals surface area contributed by atoms with Crippen LogP contribution < -0.4 is 10.6 Å². The van der Waals surface area contributed by atoms with Crippen LogP contribution in [0.15, 0.2) is 30.5 Å². The van der Waals surface area contributed by atoms with Gasteiger partial charge in [0.05, 0.1) is 11.1 Å². The summed E-state index contributed by atoms with van der Waals surface area (Å²) in [6.45, 7) is 0. The highest BCUT2D eigenvalue weighted by Crippen LogP contribution is 2.22. The third-order valence-corrected chi connectivity index (χ3v) is 2.82. The maximum atomic E-state index is 11.5. The fourth-order valence-electron chi connectivity index (χ4n) is 1.80. The van der Waals surface area contributed by atoms with Crippen LogP contribution in [0.2, 0.25) is 5.28 Å². The number of aromatic nitrogens is 2. The van der Waals surface area contributed by atoms with Crippen LogP contribution in [0.25, 0.3) is 0 Å². The summed E-state index contributed by atoms with van der Waals surface area (Å²) in [5.74, 6) is -0.273. The Balaban J connectivity index is 1.93. The van der Waals surface area contributed by atoms with Crippen LogP contribution in [0.4, 0.5) is 11.5 Å². The van der Waals surface area contributed by atoms with Crippen molar-refractivity contribution in [1.82, 2.24) is 15.3 Å². The Labute approximate surface area is 112 Å². The van der Waals surface area contributed by atoms with Gasteiger partial charge in [-0.3, -0.25) is 14.9 Å². The molecule has 0 fully saturated rings. The first-order chi connectivity index (χ1) is 9.13. The van der Waals surface area contributed by atoms with Crippen molar-refractivity contribution in [1.29, 1.82) is 0 Å². The van der Waals surface area contributed by atoms with Crippen molar-refractivity contribution in [2.45, 2.75) is 0 Å². The molecule has 19 heavy (non-hydrogen) atoms. The zero-order valence-corrected chi connectivity index (χ0v) is 10.2. The number of carbonyl (C=O) groups excluding carboxylic acids is 2. The van der Waals surface area contributed by atoms with E-state index < -0.39 is 5.91 Å². The highest BCUT2D eigenvalue weighted by atomic mass is 35.5. The Morgan fingerprint density at radius 1 is 1.11 bits per heavy atom. The molecule has 6 nitrogen and oxygen atoms in total. The number of anilines is 2. The van der Waals surface area contributed by atoms with Gasteiger partial charge in [-0.1, -0.05) is 0 Å². The predicted octanol–water partition coefficient (Wildman–Crippen LogP) is 1.76. The lowest BCUT2D eigenvalue weighted by atomic mass is 10.1. The highest BCUT2D eigenvalue weighted by Gasteiger charge is 2.26. The first-order valence-electron chi connectivity index (χ1n) is 5.39. The van der Waals surface area contributed by atoms with Crippen molar-refractivity contribution in [3.05, 3.63) is 46.9 Å². The number of imide groups is 1. The fourth-order valence-corrected chi connectivity index (χ4v) is 1.95. The third-order valence-electron chi connectivity index (χ3n) is 2.63. The molecular weight excluding hydrogens is 268 g/mol. The van der Waals surface area contributed by atoms with Gasteiger partial charge in [-0.2, -0.15) is 0 Å². The second-order valence-corrected chi connectivity index (χ2v) is 4.22. The summed E-state index contributed by atoms with van der Waals surface area (Å²) in [6.07, 6.45) is 1.52. The first kappa shape index (κ1) is 11.6. The standard InChI is InChI=1S/C12H7ClN4O2/c13-12-14-4-3-9(16-12)15-6-1-2-7-8(5-6)11(19)17-10(7)18/h1-5H,(H,14,15,16)(H,17,18,19). The minimum Gasteiger partial charge on any atom is -0.340 e. The average Bonchev–Trinajstić information content (AvgIpc) is 2.65. The van der Waals surface area contributed by atoms with Gasteiger partial charge < -0.3 is 5.32 Å². The molecule has 1 aliphatic heterocycles. The number of halogens is 1. The van der Waals surface area contributed by atoms with Crippen molar-refractivity contribution < 1.29 is 9.59 Å². The summed E-state index contributed by atoms with van der Waals surface area (Å²) in [4.78, 5) is 30.7. The molecule has 0 spiro atoms. The van der Waals surface area contributed by atoms with E-state index in [2.05, 4.69) is 20.6 Å². The third kappa shape index (κ3) is 2.13. The molecule has 1 aromatic heterocycles. The largest absolute Gasteiger partial charge is 0.340 e. The van der Waals surface area contributed by atoms with Crippen molar-refractivity contribution in [2.24, 2.45) is 0 Å². The molecule has 0 radical (unpaired) electrons. The quantitative estimate of drug-likeness (QED) is 0.644. The molecule has 94 valence electrons. The Morgan fingerprint density at radius 2 is 1.89 bits per heavy atom. The van der Waals surface area contributed by atoms with Gasteiger partial charge in [0.1, 0.15) is 5.82 Å². The fraction of sp³-hybridized carbons (Fsp3) is 0. The molecule has 0 atom stereocenters. The highest BCUT2D eigenvalue weighted by molar-refractivity contribution is 6.28. The van der Waals surface area contributed by atoms with Crippen LogP contribution in [0.3, 0.4) is 0 Å². The summed E-state index contributed by atoms with van der Waals surface area (Å²) in [5.41, 5.74) is 1.35. The van der Waals surface area contributed by atoms with Gasteiger partial charge in [0.25, 0.3) is 11.8 Å². The number of hydrogen-bond acceptors (Lipinski definition) is 5. The van der Waals surface area contributed by atoms with E-state index in [1.54, 1.807) is 24.3 Å². The lowest BCUT2D eigenvalue weighted by Crippen LogP contribution is -2.19. The van der Waals surface area contributed by atoms with Crippen molar-refractivity contribution in [3.63, 3.8) is 0 Å². The molecule has 1 aromatic carbocycles. The van der Waals surface area contributed by atoms with E-state index in [1.165, 1.54) is 6.20 Å². The molecule has 1 aliphatic rings. The molecule has 2 N–H and O–H groups in total. The lowest BCUT2D eigenvalue weighted by molar-refractivity contribution is 0.0879. The van der Waals surface area contributed by atoms with Crippen LogP contribution in [0.1, 0.15) is 20.7 Å². The van der Waals surface area contributed by atoms with Crippen molar-refractivity contribution in [3.8, 4) is 0 Å². The number of fused-ring (bicyclic) bond motifs is 1. The Hall–Kier alpha value is -2.47. The van der Waals surface area contributed by atoms with Gasteiger partial charge in [-0.15, -0.1) is 0 Å². The van der Waals surface area contributed by atoms with E-state index in [4.69, 9.17) is 11.6 Å². The predicted molar refractivity (Wildman–Crippen MR) is 68.6 cm³/mol. The lowest BCUT2D eigenvalue weighted by Gasteiger charge is -2.06. The second kappa shape index (κ2) is 4.33. The van der Waals surface area contributed by atoms with E-state index in [9.17, 15) is 9.59 Å². The monoisotopic (exact) mass is 274 g/mol. The summed E-state index contributed by atoms with van der Waals surface area (Å²) in [5, 5.41) is 5.34. The van der Waals surface area contributed by atoms with E-state index in [1.807, 2.05) is 0 Å². The van der Waals surface area contributed by atoms with Gasteiger partial charge in [0.2, 0.25) is 5.28 Å². The van der Waals surface area contributed by atoms with E-state index in [0.717, 1.165) is 0 Å². The molecular formula is C12H7ClN4O2. The van der Waals surface area contributed by atoms with E-state index in [-0.39, 0.29) is 11.2 Å². The number of carbonyl (C=O) groups is 2. The van der Waals surface area contributed by atoms with Crippen LogP contribution in [-0.4, -0.2) is 21.8 Å². The van der Waals surface area contributed by atoms with Gasteiger partial charge in [-0.05, 0) is 35.9 Å². The number of nitrogens with zero attached hydrogens (tertiary/aromatic N) is 2. The molecule has 0 unspecified atom stereocenters. The van der Waals surface area contributed by atoms with Gasteiger partial charge in [0.15, 0.2) is 0 Å². The SMILES string of the molecule is O=C1NC(=O)c2cc(Nc3ccnc(Cl)n3)ccc21. The summed E-state index contributed by atoms with van der Waals surface area (Å²) in [6, 6.07) is 6.50. The van der Waals surface area contributed by atoms with E-state index in [0.29, 0.717) is 22.6 Å². The summed E-state index contributed by atoms with van der Waals surface area (Å²) >= 11 is 5.68. The maximum absolute atomic E-state index is 11.5. The molecule has 7 heteroatoms.